The van der Waals surface area contributed by atoms with Crippen LogP contribution in [0.2, 0.25) is 0 Å². The Morgan fingerprint density at radius 2 is 1.97 bits per heavy atom. The van der Waals surface area contributed by atoms with Crippen LogP contribution >= 0.6 is 0 Å². The molecule has 0 aliphatic carbocycles. The van der Waals surface area contributed by atoms with E-state index in [2.05, 4.69) is 61.6 Å². The summed E-state index contributed by atoms with van der Waals surface area (Å²) in [5, 5.41) is 3.14. The van der Waals surface area contributed by atoms with Crippen LogP contribution in [0.3, 0.4) is 0 Å². The number of fused-ring (bicyclic) bond motifs is 2. The van der Waals surface area contributed by atoms with Gasteiger partial charge >= 0.3 is 0 Å². The van der Waals surface area contributed by atoms with Gasteiger partial charge in [-0.1, -0.05) is 13.0 Å². The van der Waals surface area contributed by atoms with Crippen LogP contribution in [-0.4, -0.2) is 47.5 Å². The fourth-order valence-electron chi connectivity index (χ4n) is 4.43. The summed E-state index contributed by atoms with van der Waals surface area (Å²) in [5.74, 6) is 1.31. The molecule has 5 heterocycles. The number of anilines is 2. The number of likely N-dealkylation sites (N-methyl/N-ethyl adjacent to an activating group) is 1. The van der Waals surface area contributed by atoms with E-state index in [1.165, 1.54) is 11.8 Å². The van der Waals surface area contributed by atoms with Gasteiger partial charge in [-0.2, -0.15) is 0 Å². The van der Waals surface area contributed by atoms with Crippen LogP contribution in [0.5, 0.6) is 0 Å². The maximum atomic E-state index is 14.7. The molecule has 0 radical (unpaired) electrons. The van der Waals surface area contributed by atoms with Crippen molar-refractivity contribution in [2.45, 2.75) is 46.7 Å². The Kier molecular flexibility index (Phi) is 5.49. The van der Waals surface area contributed by atoms with E-state index in [4.69, 9.17) is 4.98 Å². The average molecular weight is 447 g/mol. The van der Waals surface area contributed by atoms with Crippen LogP contribution in [0.15, 0.2) is 30.6 Å². The normalized spacial score (nSPS) is 14.1. The highest BCUT2D eigenvalue weighted by atomic mass is 19.1. The molecule has 1 N–H and O–H groups in total. The van der Waals surface area contributed by atoms with Crippen molar-refractivity contribution in [1.29, 1.82) is 0 Å². The van der Waals surface area contributed by atoms with E-state index < -0.39 is 5.82 Å². The zero-order valence-corrected chi connectivity index (χ0v) is 19.3. The van der Waals surface area contributed by atoms with Crippen molar-refractivity contribution in [3.8, 4) is 11.3 Å². The molecule has 9 heteroatoms. The quantitative estimate of drug-likeness (QED) is 0.485. The summed E-state index contributed by atoms with van der Waals surface area (Å²) in [6.45, 7) is 11.2. The lowest BCUT2D eigenvalue weighted by molar-refractivity contribution is 0.266. The molecule has 0 unspecified atom stereocenters. The zero-order valence-electron chi connectivity index (χ0n) is 19.3. The largest absolute Gasteiger partial charge is 0.324 e. The van der Waals surface area contributed by atoms with E-state index in [-0.39, 0.29) is 11.7 Å². The van der Waals surface area contributed by atoms with E-state index >= 15 is 0 Å². The van der Waals surface area contributed by atoms with Gasteiger partial charge < -0.3 is 9.88 Å². The Hall–Kier alpha value is -3.46. The molecule has 0 saturated heterocycles. The zero-order chi connectivity index (χ0) is 23.1. The minimum absolute atomic E-state index is 0.188. The second-order valence-corrected chi connectivity index (χ2v) is 8.63. The highest BCUT2D eigenvalue weighted by Crippen LogP contribution is 2.27. The van der Waals surface area contributed by atoms with Gasteiger partial charge in [0.15, 0.2) is 11.5 Å². The van der Waals surface area contributed by atoms with Crippen molar-refractivity contribution < 1.29 is 4.39 Å². The number of aromatic nitrogens is 6. The van der Waals surface area contributed by atoms with E-state index in [0.29, 0.717) is 23.0 Å². The lowest BCUT2D eigenvalue weighted by Gasteiger charge is -2.27. The van der Waals surface area contributed by atoms with Crippen LogP contribution < -0.4 is 5.32 Å². The predicted octanol–water partition coefficient (Wildman–Crippen LogP) is 4.43. The Morgan fingerprint density at radius 1 is 1.12 bits per heavy atom. The third kappa shape index (κ3) is 4.04. The Morgan fingerprint density at radius 3 is 2.76 bits per heavy atom. The highest BCUT2D eigenvalue weighted by Gasteiger charge is 2.18. The molecule has 0 fully saturated rings. The van der Waals surface area contributed by atoms with Crippen LogP contribution in [-0.2, 0) is 13.0 Å². The average Bonchev–Trinajstić information content (AvgIpc) is 3.15. The van der Waals surface area contributed by atoms with Crippen molar-refractivity contribution in [1.82, 2.24) is 34.4 Å². The number of halogens is 1. The fraction of sp³-hybridized carbons (Fsp3) is 0.375. The molecule has 0 saturated carbocycles. The van der Waals surface area contributed by atoms with Gasteiger partial charge in [-0.3, -0.25) is 4.90 Å². The molecule has 0 bridgehead atoms. The summed E-state index contributed by atoms with van der Waals surface area (Å²) in [5.41, 5.74) is 4.57. The first-order chi connectivity index (χ1) is 15.9. The Labute approximate surface area is 191 Å². The Balaban J connectivity index is 1.46. The Bertz CT molecular complexity index is 1330. The molecule has 33 heavy (non-hydrogen) atoms. The van der Waals surface area contributed by atoms with Crippen molar-refractivity contribution >= 4 is 22.9 Å². The van der Waals surface area contributed by atoms with Crippen molar-refractivity contribution in [3.05, 3.63) is 53.5 Å². The van der Waals surface area contributed by atoms with Crippen LogP contribution in [0, 0.1) is 12.7 Å². The van der Waals surface area contributed by atoms with E-state index in [1.54, 1.807) is 6.20 Å². The number of aryl methyl sites for hydroxylation is 1. The summed E-state index contributed by atoms with van der Waals surface area (Å²) in [6.07, 6.45) is 3.69. The van der Waals surface area contributed by atoms with Gasteiger partial charge in [-0.25, -0.2) is 29.3 Å². The van der Waals surface area contributed by atoms with E-state index in [9.17, 15) is 4.39 Å². The SMILES string of the molecule is CCN1CCc2nc(Nc3ncc(F)c(-c4cnc5nc(C)n(C(C)C)c5c4)n3)ccc2C1. The van der Waals surface area contributed by atoms with E-state index in [1.807, 2.05) is 19.1 Å². The lowest BCUT2D eigenvalue weighted by atomic mass is 10.1. The molecule has 1 aliphatic rings. The third-order valence-corrected chi connectivity index (χ3v) is 6.07. The minimum atomic E-state index is -0.507. The highest BCUT2D eigenvalue weighted by molar-refractivity contribution is 5.78. The van der Waals surface area contributed by atoms with Crippen LogP contribution in [0.25, 0.3) is 22.4 Å². The number of rotatable bonds is 5. The first kappa shape index (κ1) is 21.4. The number of nitrogens with one attached hydrogen (secondary N) is 1. The maximum absolute atomic E-state index is 14.7. The van der Waals surface area contributed by atoms with Gasteiger partial charge in [0.2, 0.25) is 5.95 Å². The first-order valence-electron chi connectivity index (χ1n) is 11.3. The third-order valence-electron chi connectivity index (χ3n) is 6.07. The predicted molar refractivity (Wildman–Crippen MR) is 126 cm³/mol. The molecule has 1 aliphatic heterocycles. The molecule has 0 aromatic carbocycles. The molecule has 4 aromatic heterocycles. The topological polar surface area (TPSA) is 84.7 Å². The molecular weight excluding hydrogens is 419 g/mol. The molecule has 0 atom stereocenters. The molecule has 4 aromatic rings. The first-order valence-corrected chi connectivity index (χ1v) is 11.3. The standard InChI is InChI=1S/C24H27FN8/c1-5-32-9-8-19-16(13-32)6-7-21(29-19)30-24-27-12-18(25)22(31-24)17-10-20-23(26-11-17)28-15(4)33(20)14(2)3/h6-7,10-12,14H,5,8-9,13H2,1-4H3,(H,27,29,30,31). The lowest BCUT2D eigenvalue weighted by Crippen LogP contribution is -2.30. The van der Waals surface area contributed by atoms with Gasteiger partial charge in [-0.05, 0) is 45.0 Å². The van der Waals surface area contributed by atoms with Gasteiger partial charge in [0.25, 0.3) is 0 Å². The van der Waals surface area contributed by atoms with E-state index in [0.717, 1.165) is 43.1 Å². The number of nitrogens with zero attached hydrogens (tertiary/aromatic N) is 7. The fourth-order valence-corrected chi connectivity index (χ4v) is 4.43. The summed E-state index contributed by atoms with van der Waals surface area (Å²) in [4.78, 5) is 24.7. The summed E-state index contributed by atoms with van der Waals surface area (Å²) in [7, 11) is 0. The molecule has 0 amide bonds. The number of pyridine rings is 2. The number of hydrogen-bond donors (Lipinski definition) is 1. The molecule has 8 nitrogen and oxygen atoms in total. The minimum Gasteiger partial charge on any atom is -0.324 e. The molecule has 170 valence electrons. The van der Waals surface area contributed by atoms with Crippen molar-refractivity contribution in [2.24, 2.45) is 0 Å². The monoisotopic (exact) mass is 446 g/mol. The summed E-state index contributed by atoms with van der Waals surface area (Å²) in [6, 6.07) is 6.10. The number of imidazole rings is 1. The second-order valence-electron chi connectivity index (χ2n) is 8.63. The van der Waals surface area contributed by atoms with Crippen molar-refractivity contribution in [2.75, 3.05) is 18.4 Å². The smallest absolute Gasteiger partial charge is 0.229 e. The van der Waals surface area contributed by atoms with Crippen molar-refractivity contribution in [3.63, 3.8) is 0 Å². The van der Waals surface area contributed by atoms with Gasteiger partial charge in [0.1, 0.15) is 17.3 Å². The second kappa shape index (κ2) is 8.47. The van der Waals surface area contributed by atoms with Crippen LogP contribution in [0.4, 0.5) is 16.2 Å². The summed E-state index contributed by atoms with van der Waals surface area (Å²) >= 11 is 0. The maximum Gasteiger partial charge on any atom is 0.229 e. The van der Waals surface area contributed by atoms with Gasteiger partial charge in [0.05, 0.1) is 11.7 Å². The van der Waals surface area contributed by atoms with Gasteiger partial charge in [0, 0.05) is 43.0 Å². The summed E-state index contributed by atoms with van der Waals surface area (Å²) < 4.78 is 16.8. The molecule has 5 rings (SSSR count). The molecule has 0 spiro atoms. The molecular formula is C24H27FN8. The van der Waals surface area contributed by atoms with Gasteiger partial charge in [-0.15, -0.1) is 0 Å². The number of hydrogen-bond acceptors (Lipinski definition) is 7. The van der Waals surface area contributed by atoms with Crippen LogP contribution in [0.1, 0.15) is 43.9 Å².